The molecule has 0 aromatic carbocycles. The quantitative estimate of drug-likeness (QED) is 0.767. The molecule has 0 amide bonds. The van der Waals surface area contributed by atoms with Crippen LogP contribution in [0.4, 0.5) is 5.69 Å². The fourth-order valence-electron chi connectivity index (χ4n) is 2.93. The van der Waals surface area contributed by atoms with E-state index >= 15 is 0 Å². The molecule has 1 aliphatic rings. The van der Waals surface area contributed by atoms with Gasteiger partial charge >= 0.3 is 0 Å². The van der Waals surface area contributed by atoms with Gasteiger partial charge in [-0.25, -0.2) is 0 Å². The summed E-state index contributed by atoms with van der Waals surface area (Å²) >= 11 is 0. The van der Waals surface area contributed by atoms with E-state index in [9.17, 15) is 0 Å². The van der Waals surface area contributed by atoms with Gasteiger partial charge in [-0.1, -0.05) is 20.8 Å². The second-order valence-corrected chi connectivity index (χ2v) is 6.38. The third kappa shape index (κ3) is 3.06. The third-order valence-electron chi connectivity index (χ3n) is 4.19. The summed E-state index contributed by atoms with van der Waals surface area (Å²) in [6, 6.07) is 2.17. The minimum atomic E-state index is 0.386. The van der Waals surface area contributed by atoms with Gasteiger partial charge in [0.2, 0.25) is 5.65 Å². The Bertz CT molecular complexity index is 624. The van der Waals surface area contributed by atoms with Gasteiger partial charge in [-0.3, -0.25) is 0 Å². The van der Waals surface area contributed by atoms with E-state index in [1.807, 2.05) is 0 Å². The Hall–Kier alpha value is -1.69. The van der Waals surface area contributed by atoms with Crippen molar-refractivity contribution in [2.45, 2.75) is 39.5 Å². The van der Waals surface area contributed by atoms with Crippen LogP contribution in [0.5, 0.6) is 0 Å². The van der Waals surface area contributed by atoms with Crippen LogP contribution < -0.4 is 4.90 Å². The highest BCUT2D eigenvalue weighted by Gasteiger charge is 2.25. The van der Waals surface area contributed by atoms with E-state index in [1.165, 1.54) is 6.42 Å². The van der Waals surface area contributed by atoms with E-state index in [0.717, 1.165) is 49.8 Å². The molecule has 2 aromatic heterocycles. The zero-order valence-corrected chi connectivity index (χ0v) is 13.7. The van der Waals surface area contributed by atoms with Crippen molar-refractivity contribution in [2.75, 3.05) is 31.2 Å². The van der Waals surface area contributed by atoms with Gasteiger partial charge in [0, 0.05) is 25.6 Å². The summed E-state index contributed by atoms with van der Waals surface area (Å²) in [5, 5.41) is 12.8. The molecule has 0 N–H and O–H groups in total. The fourth-order valence-corrected chi connectivity index (χ4v) is 2.93. The predicted molar refractivity (Wildman–Crippen MR) is 86.3 cm³/mol. The van der Waals surface area contributed by atoms with E-state index < -0.39 is 0 Å². The first kappa shape index (κ1) is 15.2. The van der Waals surface area contributed by atoms with E-state index in [1.54, 1.807) is 10.8 Å². The van der Waals surface area contributed by atoms with Crippen LogP contribution in [0.3, 0.4) is 0 Å². The normalized spacial score (nSPS) is 18.7. The van der Waals surface area contributed by atoms with Gasteiger partial charge in [0.1, 0.15) is 6.33 Å². The van der Waals surface area contributed by atoms with Crippen LogP contribution in [0, 0.1) is 5.92 Å². The van der Waals surface area contributed by atoms with Crippen molar-refractivity contribution in [1.82, 2.24) is 19.8 Å². The van der Waals surface area contributed by atoms with Crippen molar-refractivity contribution in [2.24, 2.45) is 5.92 Å². The summed E-state index contributed by atoms with van der Waals surface area (Å²) in [4.78, 5) is 2.40. The Labute approximate surface area is 131 Å². The number of fused-ring (bicyclic) bond motifs is 1. The summed E-state index contributed by atoms with van der Waals surface area (Å²) in [7, 11) is 0. The number of ether oxygens (including phenoxy) is 1. The molecule has 0 saturated carbocycles. The maximum Gasteiger partial charge on any atom is 0.200 e. The highest BCUT2D eigenvalue weighted by molar-refractivity contribution is 5.68. The Morgan fingerprint density at radius 1 is 1.41 bits per heavy atom. The van der Waals surface area contributed by atoms with Crippen LogP contribution in [0.25, 0.3) is 5.65 Å². The highest BCUT2D eigenvalue weighted by atomic mass is 16.5. The lowest BCUT2D eigenvalue weighted by Gasteiger charge is -2.20. The Morgan fingerprint density at radius 3 is 3.05 bits per heavy atom. The van der Waals surface area contributed by atoms with Crippen molar-refractivity contribution in [3.63, 3.8) is 0 Å². The lowest BCUT2D eigenvalue weighted by molar-refractivity contribution is 0.106. The molecule has 1 aliphatic heterocycles. The molecule has 0 aliphatic carbocycles. The molecule has 6 heteroatoms. The zero-order valence-electron chi connectivity index (χ0n) is 13.7. The smallest absolute Gasteiger partial charge is 0.200 e. The average molecular weight is 303 g/mol. The van der Waals surface area contributed by atoms with Crippen LogP contribution in [-0.2, 0) is 4.74 Å². The number of rotatable bonds is 6. The monoisotopic (exact) mass is 303 g/mol. The highest BCUT2D eigenvalue weighted by Crippen LogP contribution is 2.29. The fraction of sp³-hybridized carbons (Fsp3) is 0.688. The molecular formula is C16H25N5O. The zero-order chi connectivity index (χ0) is 15.5. The Morgan fingerprint density at radius 2 is 2.27 bits per heavy atom. The van der Waals surface area contributed by atoms with Gasteiger partial charge in [-0.05, 0) is 24.8 Å². The third-order valence-corrected chi connectivity index (χ3v) is 4.19. The van der Waals surface area contributed by atoms with Crippen LogP contribution in [-0.4, -0.2) is 46.1 Å². The van der Waals surface area contributed by atoms with Gasteiger partial charge in [-0.2, -0.15) is 9.61 Å². The van der Waals surface area contributed by atoms with Gasteiger partial charge < -0.3 is 9.64 Å². The lowest BCUT2D eigenvalue weighted by Crippen LogP contribution is -2.22. The molecule has 1 atom stereocenters. The first-order valence-corrected chi connectivity index (χ1v) is 8.22. The molecule has 2 aromatic rings. The largest absolute Gasteiger partial charge is 0.381 e. The summed E-state index contributed by atoms with van der Waals surface area (Å²) in [6.45, 7) is 10.2. The topological polar surface area (TPSA) is 55.5 Å². The van der Waals surface area contributed by atoms with Gasteiger partial charge in [-0.15, -0.1) is 10.2 Å². The maximum absolute atomic E-state index is 5.71. The lowest BCUT2D eigenvalue weighted by atomic mass is 10.1. The second kappa shape index (κ2) is 6.60. The SMILES string of the molecule is CCCOCC1CCN(c2cc(C(C)C)nn3cnnc23)C1. The Balaban J connectivity index is 1.79. The standard InChI is InChI=1S/C16H25N5O/c1-4-7-22-10-13-5-6-20(9-13)15-8-14(12(2)3)19-21-11-17-18-16(15)21/h8,11-13H,4-7,9-10H2,1-3H3. The molecule has 3 rings (SSSR count). The minimum Gasteiger partial charge on any atom is -0.381 e. The van der Waals surface area contributed by atoms with Gasteiger partial charge in [0.25, 0.3) is 0 Å². The molecule has 1 unspecified atom stereocenters. The number of hydrogen-bond donors (Lipinski definition) is 0. The van der Waals surface area contributed by atoms with Crippen molar-refractivity contribution in [3.05, 3.63) is 18.1 Å². The molecule has 0 bridgehead atoms. The van der Waals surface area contributed by atoms with Crippen molar-refractivity contribution in [3.8, 4) is 0 Å². The van der Waals surface area contributed by atoms with Crippen LogP contribution in [0.1, 0.15) is 45.2 Å². The van der Waals surface area contributed by atoms with Gasteiger partial charge in [0.05, 0.1) is 18.0 Å². The number of anilines is 1. The summed E-state index contributed by atoms with van der Waals surface area (Å²) < 4.78 is 7.51. The maximum atomic E-state index is 5.71. The summed E-state index contributed by atoms with van der Waals surface area (Å²) in [5.41, 5.74) is 3.07. The molecule has 3 heterocycles. The molecular weight excluding hydrogens is 278 g/mol. The molecule has 22 heavy (non-hydrogen) atoms. The molecule has 0 spiro atoms. The number of aromatic nitrogens is 4. The summed E-state index contributed by atoms with van der Waals surface area (Å²) in [6.07, 6.45) is 3.94. The van der Waals surface area contributed by atoms with Crippen LogP contribution in [0.15, 0.2) is 12.4 Å². The first-order valence-electron chi connectivity index (χ1n) is 8.22. The average Bonchev–Trinajstić information content (AvgIpc) is 3.15. The van der Waals surface area contributed by atoms with Crippen LogP contribution in [0.2, 0.25) is 0 Å². The van der Waals surface area contributed by atoms with Crippen molar-refractivity contribution >= 4 is 11.3 Å². The van der Waals surface area contributed by atoms with Crippen LogP contribution >= 0.6 is 0 Å². The molecule has 6 nitrogen and oxygen atoms in total. The van der Waals surface area contributed by atoms with E-state index in [-0.39, 0.29) is 0 Å². The van der Waals surface area contributed by atoms with E-state index in [0.29, 0.717) is 11.8 Å². The molecule has 120 valence electrons. The first-order chi connectivity index (χ1) is 10.7. The Kier molecular flexibility index (Phi) is 4.57. The molecule has 1 fully saturated rings. The van der Waals surface area contributed by atoms with Crippen molar-refractivity contribution < 1.29 is 4.74 Å². The number of hydrogen-bond acceptors (Lipinski definition) is 5. The summed E-state index contributed by atoms with van der Waals surface area (Å²) in [5.74, 6) is 0.988. The van der Waals surface area contributed by atoms with Crippen molar-refractivity contribution in [1.29, 1.82) is 0 Å². The molecule has 0 radical (unpaired) electrons. The van der Waals surface area contributed by atoms with E-state index in [4.69, 9.17) is 4.74 Å². The second-order valence-electron chi connectivity index (χ2n) is 6.38. The minimum absolute atomic E-state index is 0.386. The predicted octanol–water partition coefficient (Wildman–Crippen LogP) is 2.50. The van der Waals surface area contributed by atoms with E-state index in [2.05, 4.69) is 47.0 Å². The number of nitrogens with zero attached hydrogens (tertiary/aromatic N) is 5. The molecule has 1 saturated heterocycles. The van der Waals surface area contributed by atoms with Gasteiger partial charge in [0.15, 0.2) is 0 Å².